The average Bonchev–Trinajstić information content (AvgIpc) is 3.30. The van der Waals surface area contributed by atoms with Crippen LogP contribution in [0.3, 0.4) is 0 Å². The van der Waals surface area contributed by atoms with Crippen molar-refractivity contribution < 1.29 is 14.5 Å². The van der Waals surface area contributed by atoms with Crippen molar-refractivity contribution in [2.24, 2.45) is 10.1 Å². The van der Waals surface area contributed by atoms with Gasteiger partial charge in [0.05, 0.1) is 16.1 Å². The number of hydrogen-bond donors (Lipinski definition) is 1. The largest absolute Gasteiger partial charge is 0.489 e. The fourth-order valence-electron chi connectivity index (χ4n) is 3.69. The molecule has 2 aliphatic rings. The molecule has 1 N–H and O–H groups in total. The maximum absolute atomic E-state index is 12.7. The van der Waals surface area contributed by atoms with Gasteiger partial charge in [0.1, 0.15) is 17.4 Å². The zero-order valence-electron chi connectivity index (χ0n) is 19.0. The van der Waals surface area contributed by atoms with Gasteiger partial charge in [-0.05, 0) is 54.6 Å². The molecule has 0 fully saturated rings. The average molecular weight is 498 g/mol. The Morgan fingerprint density at radius 2 is 1.89 bits per heavy atom. The lowest BCUT2D eigenvalue weighted by Gasteiger charge is -2.20. The first-order valence-corrected chi connectivity index (χ1v) is 11.7. The van der Waals surface area contributed by atoms with Crippen LogP contribution < -0.4 is 4.74 Å². The molecular weight excluding hydrogens is 478 g/mol. The quantitative estimate of drug-likeness (QED) is 0.286. The van der Waals surface area contributed by atoms with Gasteiger partial charge in [-0.1, -0.05) is 48.0 Å². The van der Waals surface area contributed by atoms with Gasteiger partial charge in [0.25, 0.3) is 11.6 Å². The van der Waals surface area contributed by atoms with Crippen LogP contribution in [0.15, 0.2) is 88.5 Å². The standard InChI is InChI=1S/C26H19N5O4S/c1-16-5-4-7-18(13-16)25-29-30-23(27)21(24(32)28-26(30)36-25)14-17-9-11-20(12-10-17)35-15-19-6-2-3-8-22(19)31(33)34/h2-14,27H,15H2,1H3. The molecule has 2 heterocycles. The van der Waals surface area contributed by atoms with Gasteiger partial charge in [-0.15, -0.1) is 0 Å². The molecule has 10 heteroatoms. The second kappa shape index (κ2) is 9.59. The molecule has 0 atom stereocenters. The number of hydrazone groups is 1. The van der Waals surface area contributed by atoms with Crippen LogP contribution in [0.4, 0.5) is 5.69 Å². The summed E-state index contributed by atoms with van der Waals surface area (Å²) < 4.78 is 5.70. The number of carbonyl (C=O) groups excluding carboxylic acids is 1. The number of amidine groups is 2. The lowest BCUT2D eigenvalue weighted by Crippen LogP contribution is -2.35. The molecule has 0 bridgehead atoms. The van der Waals surface area contributed by atoms with Crippen molar-refractivity contribution in [1.29, 1.82) is 5.41 Å². The normalized spacial score (nSPS) is 16.0. The predicted octanol–water partition coefficient (Wildman–Crippen LogP) is 5.15. The first-order valence-electron chi connectivity index (χ1n) is 10.9. The fourth-order valence-corrected chi connectivity index (χ4v) is 4.57. The van der Waals surface area contributed by atoms with E-state index < -0.39 is 10.8 Å². The third-order valence-corrected chi connectivity index (χ3v) is 6.45. The highest BCUT2D eigenvalue weighted by Crippen LogP contribution is 2.31. The number of amides is 1. The molecule has 0 radical (unpaired) electrons. The van der Waals surface area contributed by atoms with E-state index in [2.05, 4.69) is 10.1 Å². The number of rotatable bonds is 6. The van der Waals surface area contributed by atoms with Gasteiger partial charge >= 0.3 is 0 Å². The van der Waals surface area contributed by atoms with E-state index >= 15 is 0 Å². The molecule has 9 nitrogen and oxygen atoms in total. The number of aliphatic imine (C=N–C) groups is 1. The van der Waals surface area contributed by atoms with E-state index in [-0.39, 0.29) is 23.7 Å². The molecule has 3 aromatic carbocycles. The third kappa shape index (κ3) is 4.66. The summed E-state index contributed by atoms with van der Waals surface area (Å²) in [6, 6.07) is 21.1. The molecule has 0 unspecified atom stereocenters. The Hall–Kier alpha value is -4.57. The molecule has 36 heavy (non-hydrogen) atoms. The number of carbonyl (C=O) groups is 1. The van der Waals surface area contributed by atoms with E-state index in [0.29, 0.717) is 27.1 Å². The van der Waals surface area contributed by atoms with Crippen molar-refractivity contribution in [3.8, 4) is 5.75 Å². The molecule has 0 saturated heterocycles. The molecule has 178 valence electrons. The first-order chi connectivity index (χ1) is 17.4. The summed E-state index contributed by atoms with van der Waals surface area (Å²) >= 11 is 1.26. The van der Waals surface area contributed by atoms with Crippen LogP contribution in [0.25, 0.3) is 6.08 Å². The van der Waals surface area contributed by atoms with Crippen LogP contribution >= 0.6 is 11.8 Å². The van der Waals surface area contributed by atoms with Crippen LogP contribution in [0.5, 0.6) is 5.75 Å². The predicted molar refractivity (Wildman–Crippen MR) is 139 cm³/mol. The molecule has 0 saturated carbocycles. The van der Waals surface area contributed by atoms with E-state index in [4.69, 9.17) is 10.1 Å². The molecule has 2 aliphatic heterocycles. The van der Waals surface area contributed by atoms with Gasteiger partial charge in [-0.2, -0.15) is 15.1 Å². The Balaban J connectivity index is 1.32. The Kier molecular flexibility index (Phi) is 6.17. The summed E-state index contributed by atoms with van der Waals surface area (Å²) in [5.74, 6) is -0.0305. The highest BCUT2D eigenvalue weighted by molar-refractivity contribution is 8.27. The number of nitrogens with one attached hydrogen (secondary N) is 1. The van der Waals surface area contributed by atoms with Gasteiger partial charge < -0.3 is 4.74 Å². The smallest absolute Gasteiger partial charge is 0.283 e. The lowest BCUT2D eigenvalue weighted by atomic mass is 10.1. The Bertz CT molecular complexity index is 1490. The zero-order chi connectivity index (χ0) is 25.2. The van der Waals surface area contributed by atoms with Crippen molar-refractivity contribution in [3.63, 3.8) is 0 Å². The molecule has 1 amide bonds. The fraction of sp³-hybridized carbons (Fsp3) is 0.0769. The van der Waals surface area contributed by atoms with Crippen LogP contribution in [-0.4, -0.2) is 31.9 Å². The summed E-state index contributed by atoms with van der Waals surface area (Å²) in [6.45, 7) is 2.04. The van der Waals surface area contributed by atoms with Crippen LogP contribution in [-0.2, 0) is 11.4 Å². The number of nitro groups is 1. The van der Waals surface area contributed by atoms with Gasteiger partial charge in [-0.25, -0.2) is 0 Å². The molecule has 0 spiro atoms. The van der Waals surface area contributed by atoms with Crippen LogP contribution in [0, 0.1) is 22.4 Å². The van der Waals surface area contributed by atoms with Crippen molar-refractivity contribution >= 4 is 45.5 Å². The highest BCUT2D eigenvalue weighted by atomic mass is 32.2. The minimum Gasteiger partial charge on any atom is -0.489 e. The maximum Gasteiger partial charge on any atom is 0.283 e. The number of fused-ring (bicyclic) bond motifs is 1. The van der Waals surface area contributed by atoms with E-state index in [0.717, 1.165) is 11.1 Å². The monoisotopic (exact) mass is 497 g/mol. The van der Waals surface area contributed by atoms with E-state index in [1.54, 1.807) is 48.5 Å². The van der Waals surface area contributed by atoms with Crippen molar-refractivity contribution in [3.05, 3.63) is 111 Å². The Morgan fingerprint density at radius 1 is 1.11 bits per heavy atom. The van der Waals surface area contributed by atoms with Gasteiger partial charge in [0.2, 0.25) is 5.17 Å². The van der Waals surface area contributed by atoms with E-state index in [9.17, 15) is 14.9 Å². The van der Waals surface area contributed by atoms with Crippen molar-refractivity contribution in [2.75, 3.05) is 0 Å². The summed E-state index contributed by atoms with van der Waals surface area (Å²) in [4.78, 5) is 27.6. The minimum atomic E-state index is -0.504. The molecule has 0 aromatic heterocycles. The number of thioether (sulfide) groups is 1. The number of aryl methyl sites for hydroxylation is 1. The topological polar surface area (TPSA) is 121 Å². The molecule has 0 aliphatic carbocycles. The van der Waals surface area contributed by atoms with Crippen LogP contribution in [0.2, 0.25) is 0 Å². The Morgan fingerprint density at radius 3 is 2.64 bits per heavy atom. The molecule has 5 rings (SSSR count). The summed E-state index contributed by atoms with van der Waals surface area (Å²) in [5.41, 5.74) is 3.26. The zero-order valence-corrected chi connectivity index (χ0v) is 19.9. The number of nitro benzene ring substituents is 1. The van der Waals surface area contributed by atoms with Crippen LogP contribution in [0.1, 0.15) is 22.3 Å². The lowest BCUT2D eigenvalue weighted by molar-refractivity contribution is -0.385. The Labute approximate surface area is 210 Å². The molecular formula is C26H19N5O4S. The minimum absolute atomic E-state index is 0.00129. The summed E-state index contributed by atoms with van der Waals surface area (Å²) in [7, 11) is 0. The molecule has 3 aromatic rings. The maximum atomic E-state index is 12.7. The number of nitrogens with zero attached hydrogens (tertiary/aromatic N) is 4. The van der Waals surface area contributed by atoms with Crippen molar-refractivity contribution in [2.45, 2.75) is 13.5 Å². The second-order valence-corrected chi connectivity index (χ2v) is 8.99. The highest BCUT2D eigenvalue weighted by Gasteiger charge is 2.36. The van der Waals surface area contributed by atoms with Crippen molar-refractivity contribution in [1.82, 2.24) is 5.01 Å². The summed E-state index contributed by atoms with van der Waals surface area (Å²) in [6.07, 6.45) is 1.58. The van der Waals surface area contributed by atoms with E-state index in [1.165, 1.54) is 22.8 Å². The SMILES string of the molecule is Cc1cccc(C2=NN3C(=N)C(=Cc4ccc(OCc5ccccc5[N+](=O)[O-])cc4)C(=O)N=C3S2)c1. The second-order valence-electron chi connectivity index (χ2n) is 8.04. The number of para-hydroxylation sites is 1. The summed E-state index contributed by atoms with van der Waals surface area (Å²) in [5, 5.41) is 26.7. The number of benzene rings is 3. The van der Waals surface area contributed by atoms with E-state index in [1.807, 2.05) is 31.2 Å². The van der Waals surface area contributed by atoms with Gasteiger partial charge in [0.15, 0.2) is 5.84 Å². The number of ether oxygens (including phenoxy) is 1. The van der Waals surface area contributed by atoms with Gasteiger partial charge in [0, 0.05) is 11.6 Å². The van der Waals surface area contributed by atoms with Gasteiger partial charge in [-0.3, -0.25) is 20.3 Å². The number of hydrogen-bond acceptors (Lipinski definition) is 7. The third-order valence-electron chi connectivity index (χ3n) is 5.49. The first kappa shape index (κ1) is 23.2.